The van der Waals surface area contributed by atoms with Gasteiger partial charge >= 0.3 is 0 Å². The highest BCUT2D eigenvalue weighted by molar-refractivity contribution is 5.87. The first kappa shape index (κ1) is 15.5. The Hall–Kier alpha value is -1.90. The van der Waals surface area contributed by atoms with E-state index in [0.29, 0.717) is 23.5 Å². The van der Waals surface area contributed by atoms with E-state index in [-0.39, 0.29) is 11.7 Å². The van der Waals surface area contributed by atoms with Crippen LogP contribution in [0.15, 0.2) is 24.0 Å². The van der Waals surface area contributed by atoms with Crippen molar-refractivity contribution in [1.29, 1.82) is 0 Å². The molecule has 1 aromatic rings. The number of ether oxygens (including phenoxy) is 1. The summed E-state index contributed by atoms with van der Waals surface area (Å²) in [6, 6.07) is 3.90. The molecule has 0 radical (unpaired) electrons. The summed E-state index contributed by atoms with van der Waals surface area (Å²) in [6.45, 7) is 8.35. The van der Waals surface area contributed by atoms with Gasteiger partial charge in [-0.15, -0.1) is 0 Å². The maximum Gasteiger partial charge on any atom is 0.178 e. The number of hydrogen-bond donors (Lipinski definition) is 0. The predicted octanol–water partition coefficient (Wildman–Crippen LogP) is 4.68. The number of benzene rings is 1. The van der Waals surface area contributed by atoms with Crippen LogP contribution >= 0.6 is 0 Å². The Morgan fingerprint density at radius 3 is 2.76 bits per heavy atom. The Balaban J connectivity index is 2.68. The fourth-order valence-electron chi connectivity index (χ4n) is 2.70. The van der Waals surface area contributed by atoms with E-state index in [4.69, 9.17) is 4.74 Å². The Bertz CT molecular complexity index is 624. The Labute approximate surface area is 125 Å². The van der Waals surface area contributed by atoms with Gasteiger partial charge in [-0.2, -0.15) is 0 Å². The van der Waals surface area contributed by atoms with Gasteiger partial charge < -0.3 is 4.74 Å². The smallest absolute Gasteiger partial charge is 0.178 e. The lowest BCUT2D eigenvalue weighted by Gasteiger charge is -2.30. The third-order valence-electron chi connectivity index (χ3n) is 3.97. The van der Waals surface area contributed by atoms with E-state index in [2.05, 4.69) is 19.9 Å². The molecule has 0 aliphatic heterocycles. The molecular formula is C18H21FO2. The Morgan fingerprint density at radius 2 is 2.14 bits per heavy atom. The van der Waals surface area contributed by atoms with Crippen LogP contribution in [0.4, 0.5) is 4.39 Å². The van der Waals surface area contributed by atoms with E-state index in [1.807, 2.05) is 25.1 Å². The second kappa shape index (κ2) is 5.84. The van der Waals surface area contributed by atoms with Crippen LogP contribution < -0.4 is 4.74 Å². The molecule has 0 atom stereocenters. The van der Waals surface area contributed by atoms with Crippen LogP contribution in [0, 0.1) is 0 Å². The molecule has 2 nitrogen and oxygen atoms in total. The quantitative estimate of drug-likeness (QED) is 0.594. The van der Waals surface area contributed by atoms with E-state index in [0.717, 1.165) is 12.0 Å². The highest BCUT2D eigenvalue weighted by atomic mass is 19.1. The molecule has 0 saturated heterocycles. The van der Waals surface area contributed by atoms with E-state index >= 15 is 0 Å². The molecule has 1 aromatic carbocycles. The van der Waals surface area contributed by atoms with Crippen LogP contribution in [-0.4, -0.2) is 12.9 Å². The van der Waals surface area contributed by atoms with E-state index in [9.17, 15) is 9.18 Å². The molecule has 21 heavy (non-hydrogen) atoms. The first-order valence-electron chi connectivity index (χ1n) is 7.20. The van der Waals surface area contributed by atoms with Gasteiger partial charge in [0, 0.05) is 5.56 Å². The summed E-state index contributed by atoms with van der Waals surface area (Å²) < 4.78 is 19.3. The number of aldehydes is 1. The monoisotopic (exact) mass is 288 g/mol. The average Bonchev–Trinajstić information content (AvgIpc) is 2.46. The highest BCUT2D eigenvalue weighted by Gasteiger charge is 2.27. The molecule has 0 spiro atoms. The van der Waals surface area contributed by atoms with Gasteiger partial charge in [0.1, 0.15) is 5.75 Å². The molecule has 3 heteroatoms. The number of allylic oxidation sites excluding steroid dienone is 3. The molecule has 0 amide bonds. The number of hydrogen-bond acceptors (Lipinski definition) is 2. The molecule has 0 fully saturated rings. The van der Waals surface area contributed by atoms with Crippen LogP contribution in [0.25, 0.3) is 11.6 Å². The number of fused-ring (bicyclic) bond motifs is 1. The predicted molar refractivity (Wildman–Crippen MR) is 84.1 cm³/mol. The van der Waals surface area contributed by atoms with Crippen LogP contribution in [-0.2, 0) is 10.2 Å². The van der Waals surface area contributed by atoms with Crippen molar-refractivity contribution >= 4 is 17.9 Å². The number of halogens is 1. The fourth-order valence-corrected chi connectivity index (χ4v) is 2.70. The van der Waals surface area contributed by atoms with Crippen molar-refractivity contribution in [2.24, 2.45) is 0 Å². The minimum atomic E-state index is -0.755. The highest BCUT2D eigenvalue weighted by Crippen LogP contribution is 2.40. The topological polar surface area (TPSA) is 26.3 Å². The summed E-state index contributed by atoms with van der Waals surface area (Å²) in [7, 11) is 0. The molecule has 0 unspecified atom stereocenters. The maximum atomic E-state index is 13.7. The second-order valence-electron chi connectivity index (χ2n) is 5.95. The second-order valence-corrected chi connectivity index (χ2v) is 5.95. The number of carbonyl (C=O) groups excluding carboxylic acids is 1. The SMILES string of the molecule is CCOc1cc2c(cc1/C(C)=C(/F)C=O)C=CCC2(C)C. The van der Waals surface area contributed by atoms with Crippen molar-refractivity contribution < 1.29 is 13.9 Å². The maximum absolute atomic E-state index is 13.7. The van der Waals surface area contributed by atoms with Gasteiger partial charge in [0.2, 0.25) is 0 Å². The zero-order valence-electron chi connectivity index (χ0n) is 13.0. The third kappa shape index (κ3) is 2.92. The lowest BCUT2D eigenvalue weighted by Crippen LogP contribution is -2.20. The first-order chi connectivity index (χ1) is 9.90. The standard InChI is InChI=1S/C18H21FO2/c1-5-21-17-10-15-13(7-6-8-18(15,3)4)9-14(17)12(2)16(19)11-20/h6-7,9-11H,5,8H2,1-4H3/b16-12+. The van der Waals surface area contributed by atoms with Gasteiger partial charge in [-0.05, 0) is 54.5 Å². The summed E-state index contributed by atoms with van der Waals surface area (Å²) in [5.41, 5.74) is 3.23. The zero-order chi connectivity index (χ0) is 15.6. The van der Waals surface area contributed by atoms with Gasteiger partial charge in [-0.25, -0.2) is 4.39 Å². The zero-order valence-corrected chi connectivity index (χ0v) is 13.0. The van der Waals surface area contributed by atoms with E-state index in [1.54, 1.807) is 6.92 Å². The van der Waals surface area contributed by atoms with Crippen molar-refractivity contribution in [3.05, 3.63) is 40.7 Å². The molecule has 0 aromatic heterocycles. The van der Waals surface area contributed by atoms with Gasteiger partial charge in [-0.3, -0.25) is 4.79 Å². The summed E-state index contributed by atoms with van der Waals surface area (Å²) in [6.07, 6.45) is 5.38. The fraction of sp³-hybridized carbons (Fsp3) is 0.389. The van der Waals surface area contributed by atoms with Crippen LogP contribution in [0.3, 0.4) is 0 Å². The molecule has 0 N–H and O–H groups in total. The lowest BCUT2D eigenvalue weighted by molar-refractivity contribution is -0.106. The summed E-state index contributed by atoms with van der Waals surface area (Å²) >= 11 is 0. The van der Waals surface area contributed by atoms with Gasteiger partial charge in [0.05, 0.1) is 6.61 Å². The van der Waals surface area contributed by atoms with Crippen molar-refractivity contribution in [1.82, 2.24) is 0 Å². The average molecular weight is 288 g/mol. The third-order valence-corrected chi connectivity index (χ3v) is 3.97. The molecule has 1 aliphatic rings. The van der Waals surface area contributed by atoms with E-state index < -0.39 is 5.83 Å². The summed E-state index contributed by atoms with van der Waals surface area (Å²) in [5, 5.41) is 0. The minimum absolute atomic E-state index is 0.0231. The van der Waals surface area contributed by atoms with Crippen molar-refractivity contribution in [3.63, 3.8) is 0 Å². The summed E-state index contributed by atoms with van der Waals surface area (Å²) in [4.78, 5) is 10.7. The molecule has 2 rings (SSSR count). The molecule has 0 heterocycles. The Kier molecular flexibility index (Phi) is 4.31. The van der Waals surface area contributed by atoms with Crippen molar-refractivity contribution in [2.75, 3.05) is 6.61 Å². The minimum Gasteiger partial charge on any atom is -0.493 e. The molecule has 1 aliphatic carbocycles. The van der Waals surface area contributed by atoms with E-state index in [1.165, 1.54) is 5.56 Å². The van der Waals surface area contributed by atoms with Crippen LogP contribution in [0.1, 0.15) is 50.8 Å². The lowest BCUT2D eigenvalue weighted by atomic mass is 9.75. The van der Waals surface area contributed by atoms with Crippen LogP contribution in [0.5, 0.6) is 5.75 Å². The van der Waals surface area contributed by atoms with Crippen molar-refractivity contribution in [3.8, 4) is 5.75 Å². The molecule has 0 saturated carbocycles. The first-order valence-corrected chi connectivity index (χ1v) is 7.20. The molecule has 0 bridgehead atoms. The number of carbonyl (C=O) groups is 1. The van der Waals surface area contributed by atoms with Crippen molar-refractivity contribution in [2.45, 2.75) is 39.5 Å². The molecular weight excluding hydrogens is 267 g/mol. The molecule has 112 valence electrons. The van der Waals surface area contributed by atoms with Gasteiger partial charge in [0.15, 0.2) is 12.1 Å². The Morgan fingerprint density at radius 1 is 1.43 bits per heavy atom. The largest absolute Gasteiger partial charge is 0.493 e. The van der Waals surface area contributed by atoms with Gasteiger partial charge in [0.25, 0.3) is 0 Å². The van der Waals surface area contributed by atoms with Gasteiger partial charge in [-0.1, -0.05) is 26.0 Å². The van der Waals surface area contributed by atoms with Crippen LogP contribution in [0.2, 0.25) is 0 Å². The normalized spacial score (nSPS) is 17.0. The summed E-state index contributed by atoms with van der Waals surface area (Å²) in [5.74, 6) is -0.121. The number of rotatable bonds is 4.